The second kappa shape index (κ2) is 8.91. The summed E-state index contributed by atoms with van der Waals surface area (Å²) in [6.45, 7) is 2.73. The Morgan fingerprint density at radius 2 is 1.88 bits per heavy atom. The predicted molar refractivity (Wildman–Crippen MR) is 126 cm³/mol. The van der Waals surface area contributed by atoms with E-state index >= 15 is 0 Å². The third kappa shape index (κ3) is 4.26. The third-order valence-electron chi connectivity index (χ3n) is 5.19. The molecular formula is C23H20AsN7O. The first-order valence-corrected chi connectivity index (χ1v) is 12.3. The number of fused-ring (bicyclic) bond motifs is 1. The minimum absolute atomic E-state index is 0.309. The number of hydrogen-bond acceptors (Lipinski definition) is 8. The van der Waals surface area contributed by atoms with Gasteiger partial charge in [0.25, 0.3) is 0 Å². The molecule has 1 saturated heterocycles. The van der Waals surface area contributed by atoms with E-state index in [4.69, 9.17) is 20.4 Å². The Bertz CT molecular complexity index is 1330. The van der Waals surface area contributed by atoms with Gasteiger partial charge in [0.2, 0.25) is 0 Å². The summed E-state index contributed by atoms with van der Waals surface area (Å²) in [5.74, 6) is 0.961. The van der Waals surface area contributed by atoms with Crippen LogP contribution in [0.3, 0.4) is 0 Å². The molecule has 1 aliphatic rings. The van der Waals surface area contributed by atoms with E-state index in [0.29, 0.717) is 41.8 Å². The number of ether oxygens (including phenoxy) is 1. The summed E-state index contributed by atoms with van der Waals surface area (Å²) < 4.78 is 7.63. The molecule has 3 aromatic heterocycles. The van der Waals surface area contributed by atoms with Crippen molar-refractivity contribution in [2.45, 2.75) is 0 Å². The molecular weight excluding hydrogens is 465 g/mol. The molecule has 9 heteroatoms. The van der Waals surface area contributed by atoms with Gasteiger partial charge in [-0.15, -0.1) is 0 Å². The van der Waals surface area contributed by atoms with Gasteiger partial charge in [-0.1, -0.05) is 0 Å². The molecule has 0 spiro atoms. The summed E-state index contributed by atoms with van der Waals surface area (Å²) in [4.78, 5) is 20.6. The number of nitrogens with zero attached hydrogens (tertiary/aromatic N) is 6. The quantitative estimate of drug-likeness (QED) is 0.422. The summed E-state index contributed by atoms with van der Waals surface area (Å²) >= 11 is -0.779. The number of benzene rings is 1. The number of morpholine rings is 1. The topological polar surface area (TPSA) is 114 Å². The van der Waals surface area contributed by atoms with E-state index in [2.05, 4.69) is 33.1 Å². The van der Waals surface area contributed by atoms with Crippen molar-refractivity contribution in [3.8, 4) is 17.3 Å². The summed E-state index contributed by atoms with van der Waals surface area (Å²) in [7, 11) is 0. The SMILES string of the molecule is N#Cc1cc(N)ncc1-c1cc([AsH]c2cnc3ccccc3c2)nc(N2CCOCC2)n1. The second-order valence-electron chi connectivity index (χ2n) is 7.35. The second-order valence-corrected chi connectivity index (χ2v) is 10.2. The number of nitriles is 1. The Labute approximate surface area is 191 Å². The van der Waals surface area contributed by atoms with Crippen molar-refractivity contribution in [2.75, 3.05) is 36.9 Å². The van der Waals surface area contributed by atoms with Crippen molar-refractivity contribution in [1.29, 1.82) is 5.26 Å². The summed E-state index contributed by atoms with van der Waals surface area (Å²) in [6, 6.07) is 16.0. The Morgan fingerprint density at radius 3 is 2.72 bits per heavy atom. The van der Waals surface area contributed by atoms with Crippen LogP contribution in [0.2, 0.25) is 0 Å². The average molecular weight is 485 g/mol. The fraction of sp³-hybridized carbons (Fsp3) is 0.174. The van der Waals surface area contributed by atoms with Crippen LogP contribution in [0, 0.1) is 11.3 Å². The number of anilines is 2. The molecule has 1 fully saturated rings. The number of nitrogen functional groups attached to an aromatic ring is 1. The summed E-state index contributed by atoms with van der Waals surface area (Å²) in [5.41, 5.74) is 8.55. The van der Waals surface area contributed by atoms with E-state index in [0.717, 1.165) is 28.5 Å². The zero-order chi connectivity index (χ0) is 21.9. The molecule has 0 saturated carbocycles. The predicted octanol–water partition coefficient (Wildman–Crippen LogP) is 0.765. The molecule has 8 nitrogen and oxygen atoms in total. The summed E-state index contributed by atoms with van der Waals surface area (Å²) in [5, 5.41) is 10.7. The average Bonchev–Trinajstić information content (AvgIpc) is 2.84. The first-order chi connectivity index (χ1) is 15.7. The van der Waals surface area contributed by atoms with Gasteiger partial charge in [0.05, 0.1) is 0 Å². The summed E-state index contributed by atoms with van der Waals surface area (Å²) in [6.07, 6.45) is 3.55. The number of aromatic nitrogens is 4. The van der Waals surface area contributed by atoms with Gasteiger partial charge in [0.15, 0.2) is 0 Å². The van der Waals surface area contributed by atoms with Gasteiger partial charge in [0.1, 0.15) is 0 Å². The third-order valence-corrected chi connectivity index (χ3v) is 7.45. The van der Waals surface area contributed by atoms with Gasteiger partial charge >= 0.3 is 192 Å². The van der Waals surface area contributed by atoms with E-state index in [1.807, 2.05) is 30.5 Å². The van der Waals surface area contributed by atoms with Gasteiger partial charge in [0, 0.05) is 0 Å². The number of hydrogen-bond donors (Lipinski definition) is 1. The van der Waals surface area contributed by atoms with Gasteiger partial charge in [-0.25, -0.2) is 0 Å². The molecule has 0 aliphatic carbocycles. The minimum atomic E-state index is -0.779. The molecule has 1 aromatic carbocycles. The van der Waals surface area contributed by atoms with E-state index < -0.39 is 15.8 Å². The van der Waals surface area contributed by atoms with E-state index in [1.54, 1.807) is 12.3 Å². The molecule has 32 heavy (non-hydrogen) atoms. The van der Waals surface area contributed by atoms with Crippen molar-refractivity contribution in [3.05, 3.63) is 60.4 Å². The maximum atomic E-state index is 9.62. The number of pyridine rings is 2. The van der Waals surface area contributed by atoms with Crippen molar-refractivity contribution in [1.82, 2.24) is 19.9 Å². The monoisotopic (exact) mass is 485 g/mol. The number of para-hydroxylation sites is 1. The fourth-order valence-corrected chi connectivity index (χ4v) is 5.73. The Balaban J connectivity index is 1.58. The molecule has 1 unspecified atom stereocenters. The number of nitrogens with two attached hydrogens (primary N) is 1. The van der Waals surface area contributed by atoms with Crippen molar-refractivity contribution in [3.63, 3.8) is 0 Å². The number of rotatable bonds is 4. The molecule has 4 aromatic rings. The van der Waals surface area contributed by atoms with Crippen LogP contribution in [0.5, 0.6) is 0 Å². The van der Waals surface area contributed by atoms with Gasteiger partial charge in [-0.05, 0) is 0 Å². The zero-order valence-electron chi connectivity index (χ0n) is 17.2. The van der Waals surface area contributed by atoms with Crippen LogP contribution < -0.4 is 19.5 Å². The first kappa shape index (κ1) is 20.4. The van der Waals surface area contributed by atoms with Crippen molar-refractivity contribution in [2.24, 2.45) is 0 Å². The van der Waals surface area contributed by atoms with Crippen molar-refractivity contribution < 1.29 is 4.74 Å². The fourth-order valence-electron chi connectivity index (χ4n) is 3.60. The molecule has 5 rings (SSSR count). The van der Waals surface area contributed by atoms with E-state index in [9.17, 15) is 5.26 Å². The van der Waals surface area contributed by atoms with Crippen LogP contribution in [-0.2, 0) is 4.74 Å². The Hall–Kier alpha value is -3.53. The molecule has 2 N–H and O–H groups in total. The Kier molecular flexibility index (Phi) is 5.67. The standard InChI is InChI=1S/C23H20AsN7O/c25-12-16-10-22(26)28-14-18(16)20-11-21(30-23(29-20)31-5-7-32-8-6-31)24-17-9-15-3-1-2-4-19(15)27-13-17/h1-4,9-11,13-14,24H,5-8H2,(H2,26,28). The van der Waals surface area contributed by atoms with Crippen LogP contribution in [0.15, 0.2) is 54.9 Å². The van der Waals surface area contributed by atoms with E-state index in [-0.39, 0.29) is 0 Å². The zero-order valence-corrected chi connectivity index (χ0v) is 19.3. The molecule has 0 bridgehead atoms. The maximum absolute atomic E-state index is 9.62. The molecule has 1 aliphatic heterocycles. The van der Waals surface area contributed by atoms with Crippen LogP contribution >= 0.6 is 0 Å². The van der Waals surface area contributed by atoms with Crippen molar-refractivity contribution >= 4 is 47.3 Å². The van der Waals surface area contributed by atoms with Crippen LogP contribution in [0.4, 0.5) is 11.8 Å². The molecule has 0 amide bonds. The van der Waals surface area contributed by atoms with Crippen LogP contribution in [-0.4, -0.2) is 62.0 Å². The molecule has 1 atom stereocenters. The Morgan fingerprint density at radius 1 is 1.03 bits per heavy atom. The van der Waals surface area contributed by atoms with Crippen LogP contribution in [0.1, 0.15) is 5.56 Å². The van der Waals surface area contributed by atoms with E-state index in [1.165, 1.54) is 4.35 Å². The normalized spacial score (nSPS) is 14.2. The first-order valence-electron chi connectivity index (χ1n) is 10.2. The molecule has 4 heterocycles. The molecule has 0 radical (unpaired) electrons. The van der Waals surface area contributed by atoms with Crippen LogP contribution in [0.25, 0.3) is 22.2 Å². The van der Waals surface area contributed by atoms with Gasteiger partial charge in [-0.3, -0.25) is 0 Å². The van der Waals surface area contributed by atoms with Gasteiger partial charge < -0.3 is 0 Å². The van der Waals surface area contributed by atoms with Gasteiger partial charge in [-0.2, -0.15) is 0 Å². The molecule has 158 valence electrons.